The molecule has 0 amide bonds. The largest absolute Gasteiger partial charge is 0.440 e. The minimum absolute atomic E-state index is 0.129. The van der Waals surface area contributed by atoms with E-state index in [1.54, 1.807) is 30.3 Å². The molecule has 3 N–H and O–H groups in total. The second-order valence-electron chi connectivity index (χ2n) is 7.19. The number of hydrogen-bond acceptors (Lipinski definition) is 6. The summed E-state index contributed by atoms with van der Waals surface area (Å²) in [5.41, 5.74) is 7.06. The molecule has 0 saturated carbocycles. The number of aromatic amines is 1. The lowest BCUT2D eigenvalue weighted by atomic mass is 10.1. The molecule has 2 aromatic heterocycles. The SMILES string of the molecule is Cc1cc(C#N)cc(Oc2c(C(C)C)c(=O)[nH]c(=O)n2Cc2cc(N)nc(I)c2)c1. The summed E-state index contributed by atoms with van der Waals surface area (Å²) in [5.74, 6) is 0.631. The molecule has 8 nitrogen and oxygen atoms in total. The molecule has 0 bridgehead atoms. The zero-order valence-electron chi connectivity index (χ0n) is 16.7. The molecule has 154 valence electrons. The van der Waals surface area contributed by atoms with Crippen LogP contribution < -0.4 is 21.7 Å². The summed E-state index contributed by atoms with van der Waals surface area (Å²) in [4.78, 5) is 31.8. The van der Waals surface area contributed by atoms with E-state index in [9.17, 15) is 14.9 Å². The van der Waals surface area contributed by atoms with E-state index in [0.717, 1.165) is 11.1 Å². The third-order valence-corrected chi connectivity index (χ3v) is 4.92. The maximum Gasteiger partial charge on any atom is 0.331 e. The lowest BCUT2D eigenvalue weighted by Gasteiger charge is -2.19. The van der Waals surface area contributed by atoms with E-state index < -0.39 is 11.2 Å². The Morgan fingerprint density at radius 1 is 1.27 bits per heavy atom. The van der Waals surface area contributed by atoms with Crippen LogP contribution in [0.2, 0.25) is 0 Å². The predicted molar refractivity (Wildman–Crippen MR) is 122 cm³/mol. The van der Waals surface area contributed by atoms with E-state index in [-0.39, 0.29) is 18.3 Å². The number of halogens is 1. The van der Waals surface area contributed by atoms with Crippen LogP contribution in [0.25, 0.3) is 0 Å². The number of hydrogen-bond donors (Lipinski definition) is 2. The van der Waals surface area contributed by atoms with Gasteiger partial charge in [0.25, 0.3) is 5.56 Å². The first-order valence-electron chi connectivity index (χ1n) is 9.16. The van der Waals surface area contributed by atoms with Crippen molar-refractivity contribution in [3.05, 3.63) is 77.1 Å². The van der Waals surface area contributed by atoms with Crippen molar-refractivity contribution in [2.45, 2.75) is 33.2 Å². The fourth-order valence-electron chi connectivity index (χ4n) is 3.16. The van der Waals surface area contributed by atoms with Crippen molar-refractivity contribution in [1.29, 1.82) is 5.26 Å². The lowest BCUT2D eigenvalue weighted by molar-refractivity contribution is 0.410. The van der Waals surface area contributed by atoms with Crippen molar-refractivity contribution in [2.75, 3.05) is 5.73 Å². The van der Waals surface area contributed by atoms with Crippen LogP contribution in [0.5, 0.6) is 11.6 Å². The van der Waals surface area contributed by atoms with Gasteiger partial charge < -0.3 is 10.5 Å². The van der Waals surface area contributed by atoms with Gasteiger partial charge in [-0.15, -0.1) is 0 Å². The van der Waals surface area contributed by atoms with Crippen LogP contribution in [0.1, 0.15) is 42.0 Å². The molecule has 0 aliphatic carbocycles. The molecule has 0 spiro atoms. The Hall–Kier alpha value is -3.13. The number of nitrogens with two attached hydrogens (primary N) is 1. The van der Waals surface area contributed by atoms with Crippen LogP contribution in [-0.4, -0.2) is 14.5 Å². The number of aryl methyl sites for hydroxylation is 1. The molecule has 0 radical (unpaired) electrons. The zero-order chi connectivity index (χ0) is 22.0. The molecule has 30 heavy (non-hydrogen) atoms. The van der Waals surface area contributed by atoms with Crippen LogP contribution in [0.3, 0.4) is 0 Å². The minimum atomic E-state index is -0.599. The Morgan fingerprint density at radius 2 is 2.00 bits per heavy atom. The quantitative estimate of drug-likeness (QED) is 0.395. The molecule has 0 saturated heterocycles. The summed E-state index contributed by atoms with van der Waals surface area (Å²) in [5, 5.41) is 9.25. The third kappa shape index (κ3) is 4.71. The van der Waals surface area contributed by atoms with E-state index in [2.05, 4.69) is 16.0 Å². The number of nitriles is 1. The van der Waals surface area contributed by atoms with Crippen molar-refractivity contribution in [3.63, 3.8) is 0 Å². The van der Waals surface area contributed by atoms with Crippen LogP contribution in [0.4, 0.5) is 5.82 Å². The molecular formula is C21H20IN5O3. The summed E-state index contributed by atoms with van der Waals surface area (Å²) in [6.07, 6.45) is 0. The number of nitrogens with zero attached hydrogens (tertiary/aromatic N) is 3. The summed E-state index contributed by atoms with van der Waals surface area (Å²) >= 11 is 2.05. The number of aromatic nitrogens is 3. The Labute approximate surface area is 186 Å². The van der Waals surface area contributed by atoms with Gasteiger partial charge >= 0.3 is 5.69 Å². The van der Waals surface area contributed by atoms with Gasteiger partial charge in [-0.05, 0) is 76.9 Å². The second-order valence-corrected chi connectivity index (χ2v) is 8.30. The van der Waals surface area contributed by atoms with Crippen molar-refractivity contribution in [1.82, 2.24) is 14.5 Å². The van der Waals surface area contributed by atoms with Gasteiger partial charge in [-0.3, -0.25) is 14.3 Å². The van der Waals surface area contributed by atoms with Gasteiger partial charge in [0.2, 0.25) is 5.88 Å². The number of nitrogen functional groups attached to an aromatic ring is 1. The van der Waals surface area contributed by atoms with Crippen molar-refractivity contribution in [3.8, 4) is 17.7 Å². The number of H-pyrrole nitrogens is 1. The molecule has 2 heterocycles. The summed E-state index contributed by atoms with van der Waals surface area (Å²) in [6.45, 7) is 5.65. The first-order valence-corrected chi connectivity index (χ1v) is 10.2. The fourth-order valence-corrected chi connectivity index (χ4v) is 3.84. The van der Waals surface area contributed by atoms with E-state index in [1.165, 1.54) is 4.57 Å². The first-order chi connectivity index (χ1) is 14.2. The Bertz CT molecular complexity index is 1250. The highest BCUT2D eigenvalue weighted by atomic mass is 127. The Kier molecular flexibility index (Phi) is 6.26. The number of anilines is 1. The first kappa shape index (κ1) is 21.6. The average molecular weight is 517 g/mol. The molecule has 9 heteroatoms. The average Bonchev–Trinajstić information content (AvgIpc) is 2.63. The number of benzene rings is 1. The Morgan fingerprint density at radius 3 is 2.63 bits per heavy atom. The predicted octanol–water partition coefficient (Wildman–Crippen LogP) is 3.26. The van der Waals surface area contributed by atoms with E-state index >= 15 is 0 Å². The number of ether oxygens (including phenoxy) is 1. The van der Waals surface area contributed by atoms with Crippen molar-refractivity contribution < 1.29 is 4.74 Å². The Balaban J connectivity index is 2.21. The van der Waals surface area contributed by atoms with Gasteiger partial charge in [0.1, 0.15) is 15.3 Å². The number of rotatable bonds is 5. The maximum atomic E-state index is 12.7. The highest BCUT2D eigenvalue weighted by Crippen LogP contribution is 2.29. The topological polar surface area (TPSA) is 127 Å². The standard InChI is InChI=1S/C21H20IN5O3/c1-11(2)18-19(28)26-21(29)27(10-14-7-16(22)25-17(24)8-14)20(18)30-15-5-12(3)4-13(6-15)9-23/h4-8,11H,10H2,1-3H3,(H2,24,25)(H,26,28,29). The molecule has 3 aromatic rings. The summed E-state index contributed by atoms with van der Waals surface area (Å²) in [7, 11) is 0. The lowest BCUT2D eigenvalue weighted by Crippen LogP contribution is -2.34. The highest BCUT2D eigenvalue weighted by molar-refractivity contribution is 14.1. The van der Waals surface area contributed by atoms with Gasteiger partial charge in [-0.25, -0.2) is 9.78 Å². The van der Waals surface area contributed by atoms with Crippen LogP contribution >= 0.6 is 22.6 Å². The summed E-state index contributed by atoms with van der Waals surface area (Å²) < 4.78 is 8.10. The van der Waals surface area contributed by atoms with E-state index in [0.29, 0.717) is 26.4 Å². The smallest absolute Gasteiger partial charge is 0.331 e. The molecule has 0 atom stereocenters. The van der Waals surface area contributed by atoms with E-state index in [1.807, 2.05) is 43.4 Å². The van der Waals surface area contributed by atoms with Gasteiger partial charge in [0.15, 0.2) is 0 Å². The number of nitrogens with one attached hydrogen (secondary N) is 1. The van der Waals surface area contributed by atoms with Crippen molar-refractivity contribution in [2.24, 2.45) is 0 Å². The van der Waals surface area contributed by atoms with Crippen molar-refractivity contribution >= 4 is 28.4 Å². The molecular weight excluding hydrogens is 497 g/mol. The fraction of sp³-hybridized carbons (Fsp3) is 0.238. The molecule has 1 aromatic carbocycles. The second kappa shape index (κ2) is 8.71. The van der Waals surface area contributed by atoms with Crippen LogP contribution in [-0.2, 0) is 6.54 Å². The van der Waals surface area contributed by atoms with E-state index in [4.69, 9.17) is 10.5 Å². The normalized spacial score (nSPS) is 10.8. The van der Waals surface area contributed by atoms with Gasteiger partial charge in [-0.2, -0.15) is 5.26 Å². The van der Waals surface area contributed by atoms with Crippen LogP contribution in [0.15, 0.2) is 39.9 Å². The summed E-state index contributed by atoms with van der Waals surface area (Å²) in [6, 6.07) is 10.6. The molecule has 3 rings (SSSR count). The van der Waals surface area contributed by atoms with Gasteiger partial charge in [0.05, 0.1) is 23.7 Å². The minimum Gasteiger partial charge on any atom is -0.440 e. The molecule has 0 aliphatic rings. The molecule has 0 fully saturated rings. The monoisotopic (exact) mass is 517 g/mol. The van der Waals surface area contributed by atoms with Gasteiger partial charge in [-0.1, -0.05) is 13.8 Å². The highest BCUT2D eigenvalue weighted by Gasteiger charge is 2.21. The van der Waals surface area contributed by atoms with Crippen LogP contribution in [0, 0.1) is 22.0 Å². The molecule has 0 unspecified atom stereocenters. The third-order valence-electron chi connectivity index (χ3n) is 4.37. The zero-order valence-corrected chi connectivity index (χ0v) is 18.9. The number of pyridine rings is 1. The molecule has 0 aliphatic heterocycles. The van der Waals surface area contributed by atoms with Gasteiger partial charge in [0, 0.05) is 0 Å². The maximum absolute atomic E-state index is 12.7.